The van der Waals surface area contributed by atoms with Crippen molar-refractivity contribution in [3.8, 4) is 17.0 Å². The van der Waals surface area contributed by atoms with Crippen molar-refractivity contribution in [3.63, 3.8) is 0 Å². The lowest BCUT2D eigenvalue weighted by Crippen LogP contribution is -2.07. The van der Waals surface area contributed by atoms with Gasteiger partial charge in [-0.1, -0.05) is 41.9 Å². The maximum atomic E-state index is 12.8. The molecule has 0 aliphatic heterocycles. The molecule has 0 N–H and O–H groups in total. The second-order valence-electron chi connectivity index (χ2n) is 6.12. The minimum atomic E-state index is -0.128. The summed E-state index contributed by atoms with van der Waals surface area (Å²) in [5.74, 6) is 0.284. The number of methoxy groups -OCH3 is 1. The average molecular weight is 400 g/mol. The summed E-state index contributed by atoms with van der Waals surface area (Å²) < 4.78 is 5.35. The van der Waals surface area contributed by atoms with E-state index in [2.05, 4.69) is 4.98 Å². The van der Waals surface area contributed by atoms with Crippen LogP contribution in [0.1, 0.15) is 27.9 Å². The molecule has 0 aliphatic carbocycles. The number of thiazole rings is 1. The third-order valence-corrected chi connectivity index (χ3v) is 5.24. The lowest BCUT2D eigenvalue weighted by atomic mass is 10.0. The van der Waals surface area contributed by atoms with Gasteiger partial charge in [0.05, 0.1) is 24.8 Å². The number of halogens is 1. The molecule has 0 aliphatic rings. The molecule has 0 saturated carbocycles. The Hall–Kier alpha value is -2.50. The Kier molecular flexibility index (Phi) is 6.04. The first-order chi connectivity index (χ1) is 13.0. The van der Waals surface area contributed by atoms with Gasteiger partial charge in [0.2, 0.25) is 0 Å². The highest BCUT2D eigenvalue weighted by atomic mass is 35.5. The molecule has 0 radical (unpaired) electrons. The third-order valence-electron chi connectivity index (χ3n) is 4.04. The van der Waals surface area contributed by atoms with Crippen molar-refractivity contribution in [2.45, 2.75) is 19.8 Å². The van der Waals surface area contributed by atoms with E-state index in [9.17, 15) is 9.59 Å². The van der Waals surface area contributed by atoms with Crippen LogP contribution >= 0.6 is 22.9 Å². The fourth-order valence-corrected chi connectivity index (χ4v) is 3.78. The molecule has 3 aromatic rings. The molecule has 3 rings (SSSR count). The van der Waals surface area contributed by atoms with E-state index in [0.29, 0.717) is 21.9 Å². The molecule has 0 saturated heterocycles. The molecule has 0 amide bonds. The van der Waals surface area contributed by atoms with Crippen molar-refractivity contribution < 1.29 is 14.3 Å². The number of ether oxygens (including phenoxy) is 1. The summed E-state index contributed by atoms with van der Waals surface area (Å²) in [6, 6.07) is 13.1. The summed E-state index contributed by atoms with van der Waals surface area (Å²) in [4.78, 5) is 28.7. The normalized spacial score (nSPS) is 10.6. The van der Waals surface area contributed by atoms with E-state index in [0.717, 1.165) is 16.3 Å². The van der Waals surface area contributed by atoms with Crippen LogP contribution in [0.3, 0.4) is 0 Å². The molecule has 2 aromatic carbocycles. The monoisotopic (exact) mass is 399 g/mol. The zero-order valence-electron chi connectivity index (χ0n) is 15.0. The average Bonchev–Trinajstić information content (AvgIpc) is 3.12. The second-order valence-corrected chi connectivity index (χ2v) is 7.47. The SMILES string of the molecule is COc1cc(CC(C)=O)c(Cl)cc1C(=O)Cc1nc(-c2ccccc2)cs1. The van der Waals surface area contributed by atoms with E-state index in [4.69, 9.17) is 16.3 Å². The number of benzene rings is 2. The van der Waals surface area contributed by atoms with E-state index < -0.39 is 0 Å². The Morgan fingerprint density at radius 3 is 2.56 bits per heavy atom. The molecular weight excluding hydrogens is 382 g/mol. The van der Waals surface area contributed by atoms with Gasteiger partial charge in [0.25, 0.3) is 0 Å². The number of aromatic nitrogens is 1. The number of rotatable bonds is 7. The molecule has 1 aromatic heterocycles. The highest BCUT2D eigenvalue weighted by molar-refractivity contribution is 7.10. The quantitative estimate of drug-likeness (QED) is 0.523. The van der Waals surface area contributed by atoms with E-state index in [1.54, 1.807) is 12.1 Å². The molecule has 0 fully saturated rings. The van der Waals surface area contributed by atoms with Crippen LogP contribution in [-0.2, 0) is 17.6 Å². The topological polar surface area (TPSA) is 56.3 Å². The van der Waals surface area contributed by atoms with Gasteiger partial charge in [-0.15, -0.1) is 11.3 Å². The van der Waals surface area contributed by atoms with Crippen molar-refractivity contribution in [2.75, 3.05) is 7.11 Å². The first kappa shape index (κ1) is 19.3. The molecular formula is C21H18ClNO3S. The van der Waals surface area contributed by atoms with Gasteiger partial charge < -0.3 is 4.74 Å². The van der Waals surface area contributed by atoms with Gasteiger partial charge in [0.15, 0.2) is 5.78 Å². The van der Waals surface area contributed by atoms with Crippen molar-refractivity contribution in [2.24, 2.45) is 0 Å². The number of carbonyl (C=O) groups is 2. The van der Waals surface area contributed by atoms with Crippen LogP contribution < -0.4 is 4.74 Å². The molecule has 1 heterocycles. The zero-order chi connectivity index (χ0) is 19.4. The van der Waals surface area contributed by atoms with Crippen LogP contribution in [0.5, 0.6) is 5.75 Å². The Morgan fingerprint density at radius 2 is 1.89 bits per heavy atom. The zero-order valence-corrected chi connectivity index (χ0v) is 16.6. The second kappa shape index (κ2) is 8.46. The predicted molar refractivity (Wildman–Crippen MR) is 108 cm³/mol. The summed E-state index contributed by atoms with van der Waals surface area (Å²) in [6.45, 7) is 1.49. The highest BCUT2D eigenvalue weighted by Crippen LogP contribution is 2.30. The number of carbonyl (C=O) groups excluding carboxylic acids is 2. The van der Waals surface area contributed by atoms with E-state index in [1.165, 1.54) is 25.4 Å². The van der Waals surface area contributed by atoms with Crippen molar-refractivity contribution in [3.05, 3.63) is 69.0 Å². The van der Waals surface area contributed by atoms with Gasteiger partial charge in [-0.3, -0.25) is 9.59 Å². The summed E-state index contributed by atoms with van der Waals surface area (Å²) in [5.41, 5.74) is 2.91. The number of hydrogen-bond acceptors (Lipinski definition) is 5. The van der Waals surface area contributed by atoms with Gasteiger partial charge >= 0.3 is 0 Å². The van der Waals surface area contributed by atoms with Gasteiger partial charge in [-0.25, -0.2) is 4.98 Å². The molecule has 27 heavy (non-hydrogen) atoms. The smallest absolute Gasteiger partial charge is 0.173 e. The molecule has 0 spiro atoms. The largest absolute Gasteiger partial charge is 0.496 e. The Labute approximate surface area is 166 Å². The van der Waals surface area contributed by atoms with E-state index in [-0.39, 0.29) is 24.4 Å². The van der Waals surface area contributed by atoms with Crippen molar-refractivity contribution in [1.82, 2.24) is 4.98 Å². The predicted octanol–water partition coefficient (Wildman–Crippen LogP) is 5.03. The highest BCUT2D eigenvalue weighted by Gasteiger charge is 2.18. The number of Topliss-reactive ketones (excluding diaryl/α,β-unsaturated/α-hetero) is 2. The fourth-order valence-electron chi connectivity index (χ4n) is 2.75. The first-order valence-corrected chi connectivity index (χ1v) is 9.62. The van der Waals surface area contributed by atoms with Crippen LogP contribution in [0.15, 0.2) is 47.8 Å². The summed E-state index contributed by atoms with van der Waals surface area (Å²) in [7, 11) is 1.49. The van der Waals surface area contributed by atoms with Crippen LogP contribution in [0, 0.1) is 0 Å². The standard InChI is InChI=1S/C21H18ClNO3S/c1-13(24)8-15-9-20(26-2)16(10-17(15)22)19(25)11-21-23-18(12-27-21)14-6-4-3-5-7-14/h3-7,9-10,12H,8,11H2,1-2H3. The summed E-state index contributed by atoms with van der Waals surface area (Å²) >= 11 is 7.71. The minimum Gasteiger partial charge on any atom is -0.496 e. The van der Waals surface area contributed by atoms with Gasteiger partial charge in [0.1, 0.15) is 16.5 Å². The number of hydrogen-bond donors (Lipinski definition) is 0. The summed E-state index contributed by atoms with van der Waals surface area (Å²) in [5, 5.41) is 3.06. The lowest BCUT2D eigenvalue weighted by Gasteiger charge is -2.11. The van der Waals surface area contributed by atoms with Gasteiger partial charge in [-0.2, -0.15) is 0 Å². The lowest BCUT2D eigenvalue weighted by molar-refractivity contribution is -0.116. The van der Waals surface area contributed by atoms with Gasteiger partial charge in [-0.05, 0) is 24.6 Å². The number of nitrogens with zero attached hydrogens (tertiary/aromatic N) is 1. The van der Waals surface area contributed by atoms with Crippen molar-refractivity contribution >= 4 is 34.5 Å². The van der Waals surface area contributed by atoms with Crippen LogP contribution in [-0.4, -0.2) is 23.7 Å². The molecule has 6 heteroatoms. The molecule has 138 valence electrons. The Bertz CT molecular complexity index is 982. The van der Waals surface area contributed by atoms with E-state index >= 15 is 0 Å². The van der Waals surface area contributed by atoms with Crippen LogP contribution in [0.2, 0.25) is 5.02 Å². The number of ketones is 2. The maximum absolute atomic E-state index is 12.8. The molecule has 0 unspecified atom stereocenters. The molecule has 0 atom stereocenters. The minimum absolute atomic E-state index is 0.00532. The fraction of sp³-hybridized carbons (Fsp3) is 0.190. The van der Waals surface area contributed by atoms with Gasteiger partial charge in [0, 0.05) is 22.4 Å². The maximum Gasteiger partial charge on any atom is 0.173 e. The molecule has 4 nitrogen and oxygen atoms in total. The summed E-state index contributed by atoms with van der Waals surface area (Å²) in [6.07, 6.45) is 0.368. The Balaban J connectivity index is 1.83. The first-order valence-electron chi connectivity index (χ1n) is 8.36. The van der Waals surface area contributed by atoms with E-state index in [1.807, 2.05) is 35.7 Å². The Morgan fingerprint density at radius 1 is 1.15 bits per heavy atom. The van der Waals surface area contributed by atoms with Crippen molar-refractivity contribution in [1.29, 1.82) is 0 Å². The van der Waals surface area contributed by atoms with Crippen LogP contribution in [0.4, 0.5) is 0 Å². The molecule has 0 bridgehead atoms. The van der Waals surface area contributed by atoms with Crippen LogP contribution in [0.25, 0.3) is 11.3 Å². The third kappa shape index (κ3) is 4.62.